The standard InChI is InChI=1S/C22H24BrNO3/c1-13-9-14(2)24-21(26)16(13)5-6-19(25)15-10-17-20(18(23)11-15)27-12-22(17)7-3-4-8-22/h9-11H,3-8,12H2,1-2H3,(H,24,26). The second-order valence-corrected chi connectivity index (χ2v) is 8.83. The lowest BCUT2D eigenvalue weighted by molar-refractivity contribution is 0.0982. The Morgan fingerprint density at radius 1 is 1.22 bits per heavy atom. The van der Waals surface area contributed by atoms with Crippen molar-refractivity contribution in [3.8, 4) is 5.75 Å². The normalized spacial score (nSPS) is 17.1. The molecule has 1 saturated carbocycles. The summed E-state index contributed by atoms with van der Waals surface area (Å²) in [5, 5.41) is 0. The van der Waals surface area contributed by atoms with Crippen LogP contribution in [0.3, 0.4) is 0 Å². The predicted molar refractivity (Wildman–Crippen MR) is 109 cm³/mol. The number of pyridine rings is 1. The Labute approximate surface area is 167 Å². The molecule has 1 spiro atoms. The molecule has 0 amide bonds. The number of benzene rings is 1. The molecule has 0 unspecified atom stereocenters. The van der Waals surface area contributed by atoms with Crippen LogP contribution >= 0.6 is 15.9 Å². The van der Waals surface area contributed by atoms with Crippen LogP contribution in [0.25, 0.3) is 0 Å². The molecule has 1 aromatic heterocycles. The highest BCUT2D eigenvalue weighted by atomic mass is 79.9. The van der Waals surface area contributed by atoms with Crippen molar-refractivity contribution in [3.63, 3.8) is 0 Å². The first kappa shape index (κ1) is 18.5. The maximum absolute atomic E-state index is 12.9. The Bertz CT molecular complexity index is 970. The zero-order valence-electron chi connectivity index (χ0n) is 15.8. The van der Waals surface area contributed by atoms with Gasteiger partial charge >= 0.3 is 0 Å². The van der Waals surface area contributed by atoms with Crippen molar-refractivity contribution in [3.05, 3.63) is 61.0 Å². The van der Waals surface area contributed by atoms with Crippen LogP contribution in [-0.2, 0) is 11.8 Å². The lowest BCUT2D eigenvalue weighted by Crippen LogP contribution is -2.23. The molecule has 5 heteroatoms. The van der Waals surface area contributed by atoms with Crippen molar-refractivity contribution in [1.29, 1.82) is 0 Å². The maximum Gasteiger partial charge on any atom is 0.251 e. The van der Waals surface area contributed by atoms with Gasteiger partial charge in [0.15, 0.2) is 5.78 Å². The predicted octanol–water partition coefficient (Wildman–Crippen LogP) is 4.77. The zero-order chi connectivity index (χ0) is 19.2. The number of hydrogen-bond donors (Lipinski definition) is 1. The summed E-state index contributed by atoms with van der Waals surface area (Å²) in [6.07, 6.45) is 5.47. The third kappa shape index (κ3) is 3.27. The second kappa shape index (κ2) is 6.93. The van der Waals surface area contributed by atoms with Gasteiger partial charge in [-0.15, -0.1) is 0 Å². The minimum absolute atomic E-state index is 0.0675. The molecular weight excluding hydrogens is 406 g/mol. The van der Waals surface area contributed by atoms with E-state index in [4.69, 9.17) is 4.74 Å². The number of nitrogens with one attached hydrogen (secondary N) is 1. The third-order valence-corrected chi connectivity index (χ3v) is 6.68. The molecule has 1 aliphatic carbocycles. The van der Waals surface area contributed by atoms with Gasteiger partial charge in [-0.2, -0.15) is 0 Å². The molecule has 2 aromatic rings. The summed E-state index contributed by atoms with van der Waals surface area (Å²) in [5.74, 6) is 0.970. The SMILES string of the molecule is Cc1cc(C)c(CCC(=O)c2cc(Br)c3c(c2)C2(CCCC2)CO3)c(=O)[nH]1. The number of rotatable bonds is 4. The molecular formula is C22H24BrNO3. The molecule has 0 bridgehead atoms. The van der Waals surface area contributed by atoms with Gasteiger partial charge in [0, 0.05) is 34.2 Å². The molecule has 27 heavy (non-hydrogen) atoms. The number of carbonyl (C=O) groups is 1. The van der Waals surface area contributed by atoms with Crippen LogP contribution in [0.5, 0.6) is 5.75 Å². The van der Waals surface area contributed by atoms with E-state index >= 15 is 0 Å². The van der Waals surface area contributed by atoms with Gasteiger partial charge in [0.05, 0.1) is 11.1 Å². The molecule has 0 radical (unpaired) electrons. The van der Waals surface area contributed by atoms with E-state index in [2.05, 4.69) is 20.9 Å². The Balaban J connectivity index is 1.59. The number of halogens is 1. The monoisotopic (exact) mass is 429 g/mol. The van der Waals surface area contributed by atoms with Crippen LogP contribution in [0.15, 0.2) is 27.5 Å². The number of aryl methyl sites for hydroxylation is 2. The van der Waals surface area contributed by atoms with Crippen LogP contribution in [0.1, 0.15) is 64.8 Å². The minimum atomic E-state index is -0.0891. The fourth-order valence-corrected chi connectivity index (χ4v) is 5.20. The quantitative estimate of drug-likeness (QED) is 0.711. The number of fused-ring (bicyclic) bond motifs is 2. The van der Waals surface area contributed by atoms with Crippen molar-refractivity contribution >= 4 is 21.7 Å². The van der Waals surface area contributed by atoms with Crippen molar-refractivity contribution in [2.45, 2.75) is 57.8 Å². The van der Waals surface area contributed by atoms with Crippen LogP contribution in [0, 0.1) is 13.8 Å². The molecule has 0 atom stereocenters. The topological polar surface area (TPSA) is 59.2 Å². The Morgan fingerprint density at radius 2 is 1.96 bits per heavy atom. The summed E-state index contributed by atoms with van der Waals surface area (Å²) in [5.41, 5.74) is 4.37. The highest BCUT2D eigenvalue weighted by molar-refractivity contribution is 9.10. The summed E-state index contributed by atoms with van der Waals surface area (Å²) >= 11 is 3.59. The van der Waals surface area contributed by atoms with Crippen molar-refractivity contribution in [1.82, 2.24) is 4.98 Å². The lowest BCUT2D eigenvalue weighted by atomic mass is 9.80. The summed E-state index contributed by atoms with van der Waals surface area (Å²) in [6.45, 7) is 4.51. The first-order valence-corrected chi connectivity index (χ1v) is 10.4. The van der Waals surface area contributed by atoms with E-state index in [1.165, 1.54) is 18.4 Å². The summed E-state index contributed by atoms with van der Waals surface area (Å²) < 4.78 is 6.83. The van der Waals surface area contributed by atoms with Crippen molar-refractivity contribution in [2.24, 2.45) is 0 Å². The average molecular weight is 430 g/mol. The lowest BCUT2D eigenvalue weighted by Gasteiger charge is -2.21. The largest absolute Gasteiger partial charge is 0.491 e. The van der Waals surface area contributed by atoms with Crippen LogP contribution in [-0.4, -0.2) is 17.4 Å². The van der Waals surface area contributed by atoms with Gasteiger partial charge in [-0.05, 0) is 72.8 Å². The second-order valence-electron chi connectivity index (χ2n) is 7.98. The Kier molecular flexibility index (Phi) is 4.75. The van der Waals surface area contributed by atoms with Crippen LogP contribution in [0.4, 0.5) is 0 Å². The van der Waals surface area contributed by atoms with Crippen molar-refractivity contribution < 1.29 is 9.53 Å². The summed E-state index contributed by atoms with van der Waals surface area (Å²) in [6, 6.07) is 5.85. The highest BCUT2D eigenvalue weighted by Gasteiger charge is 2.44. The van der Waals surface area contributed by atoms with Gasteiger partial charge in [-0.3, -0.25) is 9.59 Å². The van der Waals surface area contributed by atoms with E-state index in [0.29, 0.717) is 24.0 Å². The van der Waals surface area contributed by atoms with Crippen LogP contribution < -0.4 is 10.3 Å². The number of H-pyrrole nitrogens is 1. The first-order chi connectivity index (χ1) is 12.9. The summed E-state index contributed by atoms with van der Waals surface area (Å²) in [7, 11) is 0. The van der Waals surface area contributed by atoms with E-state index < -0.39 is 0 Å². The number of aromatic amines is 1. The molecule has 1 N–H and O–H groups in total. The van der Waals surface area contributed by atoms with Gasteiger partial charge < -0.3 is 9.72 Å². The van der Waals surface area contributed by atoms with Gasteiger partial charge in [0.1, 0.15) is 5.75 Å². The first-order valence-electron chi connectivity index (χ1n) is 9.59. The number of carbonyl (C=O) groups excluding carboxylic acids is 1. The number of hydrogen-bond acceptors (Lipinski definition) is 3. The van der Waals surface area contributed by atoms with Gasteiger partial charge in [-0.1, -0.05) is 12.8 Å². The molecule has 4 nitrogen and oxygen atoms in total. The Morgan fingerprint density at radius 3 is 2.67 bits per heavy atom. The molecule has 1 aromatic carbocycles. The van der Waals surface area contributed by atoms with E-state index in [-0.39, 0.29) is 16.8 Å². The molecule has 142 valence electrons. The van der Waals surface area contributed by atoms with E-state index in [1.54, 1.807) is 0 Å². The highest BCUT2D eigenvalue weighted by Crippen LogP contribution is 2.51. The fraction of sp³-hybridized carbons (Fsp3) is 0.455. The van der Waals surface area contributed by atoms with Gasteiger partial charge in [0.2, 0.25) is 0 Å². The zero-order valence-corrected chi connectivity index (χ0v) is 17.4. The van der Waals surface area contributed by atoms with Crippen LogP contribution in [0.2, 0.25) is 0 Å². The molecule has 1 aliphatic heterocycles. The van der Waals surface area contributed by atoms with Crippen molar-refractivity contribution in [2.75, 3.05) is 6.61 Å². The molecule has 0 saturated heterocycles. The number of ether oxygens (including phenoxy) is 1. The van der Waals surface area contributed by atoms with E-state index in [1.807, 2.05) is 32.0 Å². The maximum atomic E-state index is 12.9. The Hall–Kier alpha value is -1.88. The smallest absolute Gasteiger partial charge is 0.251 e. The average Bonchev–Trinajstić information content (AvgIpc) is 3.23. The van der Waals surface area contributed by atoms with E-state index in [0.717, 1.165) is 40.9 Å². The third-order valence-electron chi connectivity index (χ3n) is 6.09. The molecule has 1 fully saturated rings. The fourth-order valence-electron chi connectivity index (χ4n) is 4.62. The molecule has 2 heterocycles. The molecule has 2 aliphatic rings. The minimum Gasteiger partial charge on any atom is -0.491 e. The van der Waals surface area contributed by atoms with Gasteiger partial charge in [-0.25, -0.2) is 0 Å². The summed E-state index contributed by atoms with van der Waals surface area (Å²) in [4.78, 5) is 27.9. The number of Topliss-reactive ketones (excluding diaryl/α,β-unsaturated/α-hetero) is 1. The van der Waals surface area contributed by atoms with Gasteiger partial charge in [0.25, 0.3) is 5.56 Å². The molecule has 4 rings (SSSR count). The van der Waals surface area contributed by atoms with E-state index in [9.17, 15) is 9.59 Å². The number of aromatic nitrogens is 1. The number of ketones is 1.